The van der Waals surface area contributed by atoms with Crippen molar-refractivity contribution in [2.24, 2.45) is 11.8 Å². The number of aldehydes is 1. The number of hydrogen-bond acceptors (Lipinski definition) is 6. The van der Waals surface area contributed by atoms with Gasteiger partial charge in [0.15, 0.2) is 0 Å². The largest absolute Gasteiger partial charge is 0.491 e. The molecule has 5 unspecified atom stereocenters. The Morgan fingerprint density at radius 2 is 1.76 bits per heavy atom. The van der Waals surface area contributed by atoms with Crippen LogP contribution in [-0.4, -0.2) is 90.2 Å². The zero-order valence-electron chi connectivity index (χ0n) is 33.9. The van der Waals surface area contributed by atoms with E-state index in [0.29, 0.717) is 23.8 Å². The maximum atomic E-state index is 11.4. The van der Waals surface area contributed by atoms with E-state index in [2.05, 4.69) is 82.6 Å². The Morgan fingerprint density at radius 1 is 1.12 bits per heavy atom. The average Bonchev–Trinajstić information content (AvgIpc) is 3.20. The zero-order chi connectivity index (χ0) is 38.5. The highest BCUT2D eigenvalue weighted by Crippen LogP contribution is 2.49. The number of benzene rings is 2. The summed E-state index contributed by atoms with van der Waals surface area (Å²) in [5.41, 5.74) is 5.98. The molecule has 0 spiro atoms. The molecule has 51 heavy (non-hydrogen) atoms. The minimum Gasteiger partial charge on any atom is -0.491 e. The molecular weight excluding hydrogens is 657 g/mol. The summed E-state index contributed by atoms with van der Waals surface area (Å²) in [4.78, 5) is 24.4. The van der Waals surface area contributed by atoms with Gasteiger partial charge in [0.25, 0.3) is 0 Å². The maximum Gasteiger partial charge on any atom is 0.219 e. The van der Waals surface area contributed by atoms with Crippen LogP contribution in [0.3, 0.4) is 0 Å². The number of aliphatic hydroxyl groups is 2. The first-order valence-corrected chi connectivity index (χ1v) is 21.6. The summed E-state index contributed by atoms with van der Waals surface area (Å²) < 4.78 is 6.96. The van der Waals surface area contributed by atoms with Crippen LogP contribution >= 0.6 is 10.0 Å². The number of aliphatic hydroxyl groups excluding tert-OH is 2. The van der Waals surface area contributed by atoms with Crippen molar-refractivity contribution in [3.8, 4) is 5.75 Å². The zero-order valence-corrected chi connectivity index (χ0v) is 34.7. The van der Waals surface area contributed by atoms with E-state index in [4.69, 9.17) is 9.53 Å². The Morgan fingerprint density at radius 3 is 2.29 bits per heavy atom. The third-order valence-electron chi connectivity index (χ3n) is 10.7. The van der Waals surface area contributed by atoms with Gasteiger partial charge < -0.3 is 29.5 Å². The van der Waals surface area contributed by atoms with Crippen LogP contribution in [-0.2, 0) is 16.0 Å². The fraction of sp³-hybridized carbons (Fsp3) is 0.628. The maximum absolute atomic E-state index is 11.4. The van der Waals surface area contributed by atoms with Crippen molar-refractivity contribution in [3.05, 3.63) is 70.8 Å². The van der Waals surface area contributed by atoms with Crippen LogP contribution in [0.2, 0.25) is 0 Å². The predicted molar refractivity (Wildman–Crippen MR) is 219 cm³/mol. The monoisotopic (exact) mass is 727 g/mol. The number of rotatable bonds is 11. The van der Waals surface area contributed by atoms with Gasteiger partial charge in [0.05, 0.1) is 24.5 Å². The SMILES string of the molecule is CC(C)(C)S(C)(C)C.CC=O.CCCc1cc(C)ccc1C1COc2ccc(C(C)O)cc2N(CC2CCC2C(O)/C=C/CCN(C)C(C)=O)C1. The van der Waals surface area contributed by atoms with Crippen LogP contribution in [0.5, 0.6) is 5.75 Å². The van der Waals surface area contributed by atoms with E-state index in [1.807, 2.05) is 24.3 Å². The highest BCUT2D eigenvalue weighted by Gasteiger charge is 2.38. The number of ether oxygens (including phenoxy) is 1. The van der Waals surface area contributed by atoms with Crippen LogP contribution in [0.25, 0.3) is 0 Å². The summed E-state index contributed by atoms with van der Waals surface area (Å²) in [5, 5.41) is 21.4. The molecule has 0 radical (unpaired) electrons. The van der Waals surface area contributed by atoms with Crippen LogP contribution in [0.1, 0.15) is 108 Å². The Bertz CT molecular complexity index is 1400. The second-order valence-corrected chi connectivity index (χ2v) is 21.0. The first kappa shape index (κ1) is 44.4. The van der Waals surface area contributed by atoms with E-state index in [-0.39, 0.29) is 27.8 Å². The lowest BCUT2D eigenvalue weighted by molar-refractivity contribution is -0.127. The smallest absolute Gasteiger partial charge is 0.219 e. The summed E-state index contributed by atoms with van der Waals surface area (Å²) in [6, 6.07) is 12.9. The van der Waals surface area contributed by atoms with Crippen LogP contribution < -0.4 is 9.64 Å². The van der Waals surface area contributed by atoms with Crippen molar-refractivity contribution in [2.75, 3.05) is 57.0 Å². The molecule has 2 aliphatic rings. The lowest BCUT2D eigenvalue weighted by atomic mass is 9.70. The topological polar surface area (TPSA) is 90.3 Å². The third kappa shape index (κ3) is 13.6. The van der Waals surface area contributed by atoms with Gasteiger partial charge in [-0.2, -0.15) is 0 Å². The molecule has 5 atom stereocenters. The number of hydrogen-bond donors (Lipinski definition) is 2. The van der Waals surface area contributed by atoms with Gasteiger partial charge in [0.2, 0.25) is 5.91 Å². The van der Waals surface area contributed by atoms with Crippen LogP contribution in [0.15, 0.2) is 48.6 Å². The third-order valence-corrected chi connectivity index (χ3v) is 14.3. The Labute approximate surface area is 312 Å². The normalized spacial score (nSPS) is 20.2. The average molecular weight is 727 g/mol. The van der Waals surface area contributed by atoms with Crippen LogP contribution in [0, 0.1) is 18.8 Å². The van der Waals surface area contributed by atoms with Gasteiger partial charge in [-0.15, -0.1) is 0 Å². The second kappa shape index (κ2) is 20.4. The van der Waals surface area contributed by atoms with Crippen LogP contribution in [0.4, 0.5) is 5.69 Å². The standard InChI is InChI=1S/C34H48N2O4.C7H18S.C2H4O/c1-6-9-27-18-23(2)11-14-30(27)29-21-36(32-19-26(24(3)37)13-16-34(32)40-22-29)20-28-12-15-31(28)33(39)10-7-8-17-35(5)25(4)38;1-7(2,3)8(4,5)6;1-2-3/h7,10-11,13-14,16,18-19,24,28-29,31,33,37,39H,6,8-9,12,15,17,20-22H2,1-5H3;1-6H3;2H,1H3/b10-7+;;. The molecule has 1 aliphatic heterocycles. The minimum absolute atomic E-state index is 0.0548. The number of fused-ring (bicyclic) bond motifs is 1. The first-order valence-electron chi connectivity index (χ1n) is 18.8. The number of carbonyl (C=O) groups excluding carboxylic acids is 2. The van der Waals surface area contributed by atoms with E-state index < -0.39 is 12.2 Å². The molecule has 0 saturated heterocycles. The van der Waals surface area contributed by atoms with Crippen molar-refractivity contribution in [2.45, 2.75) is 110 Å². The molecule has 1 fully saturated rings. The molecule has 1 amide bonds. The van der Waals surface area contributed by atoms with E-state index >= 15 is 0 Å². The van der Waals surface area contributed by atoms with E-state index in [1.54, 1.807) is 25.8 Å². The highest BCUT2D eigenvalue weighted by atomic mass is 32.3. The molecule has 1 saturated carbocycles. The van der Waals surface area contributed by atoms with Crippen molar-refractivity contribution in [3.63, 3.8) is 0 Å². The minimum atomic E-state index is -0.551. The molecular formula is C43H70N2O5S. The number of nitrogens with zero attached hydrogens (tertiary/aromatic N) is 2. The molecule has 8 heteroatoms. The van der Waals surface area contributed by atoms with Crippen molar-refractivity contribution >= 4 is 27.9 Å². The lowest BCUT2D eigenvalue weighted by Crippen LogP contribution is -2.44. The van der Waals surface area contributed by atoms with Gasteiger partial charge in [-0.1, -0.05) is 76.1 Å². The van der Waals surface area contributed by atoms with E-state index in [0.717, 1.165) is 68.5 Å². The molecule has 1 heterocycles. The fourth-order valence-electron chi connectivity index (χ4n) is 6.11. The number of carbonyl (C=O) groups is 2. The number of aryl methyl sites for hydroxylation is 2. The number of amides is 1. The number of anilines is 1. The van der Waals surface area contributed by atoms with Crippen molar-refractivity contribution in [1.82, 2.24) is 4.90 Å². The van der Waals surface area contributed by atoms with Gasteiger partial charge in [-0.05, 0) is 111 Å². The Hall–Kier alpha value is -2.81. The summed E-state index contributed by atoms with van der Waals surface area (Å²) in [5.74, 6) is 1.73. The summed E-state index contributed by atoms with van der Waals surface area (Å²) >= 11 is 0. The van der Waals surface area contributed by atoms with Crippen molar-refractivity contribution in [1.29, 1.82) is 0 Å². The molecule has 2 aromatic rings. The van der Waals surface area contributed by atoms with E-state index in [1.165, 1.54) is 23.6 Å². The Balaban J connectivity index is 0.000000713. The molecule has 0 bridgehead atoms. The second-order valence-electron chi connectivity index (χ2n) is 16.1. The molecule has 2 aromatic carbocycles. The van der Waals surface area contributed by atoms with E-state index in [9.17, 15) is 15.0 Å². The fourth-order valence-corrected chi connectivity index (χ4v) is 6.11. The van der Waals surface area contributed by atoms with Crippen molar-refractivity contribution < 1.29 is 24.5 Å². The quantitative estimate of drug-likeness (QED) is 0.178. The van der Waals surface area contributed by atoms with Gasteiger partial charge in [0.1, 0.15) is 12.0 Å². The van der Waals surface area contributed by atoms with Gasteiger partial charge in [0, 0.05) is 39.5 Å². The molecule has 288 valence electrons. The Kier molecular flexibility index (Phi) is 17.8. The van der Waals surface area contributed by atoms with Gasteiger partial charge in [-0.25, -0.2) is 10.0 Å². The lowest BCUT2D eigenvalue weighted by Gasteiger charge is -2.42. The molecule has 1 aliphatic carbocycles. The highest BCUT2D eigenvalue weighted by molar-refractivity contribution is 8.33. The van der Waals surface area contributed by atoms with Gasteiger partial charge in [-0.3, -0.25) is 4.79 Å². The molecule has 4 rings (SSSR count). The summed E-state index contributed by atoms with van der Waals surface area (Å²) in [7, 11) is 1.46. The summed E-state index contributed by atoms with van der Waals surface area (Å²) in [6.45, 7) is 19.1. The summed E-state index contributed by atoms with van der Waals surface area (Å²) in [6.07, 6.45) is 15.7. The first-order chi connectivity index (χ1) is 23.8. The molecule has 7 nitrogen and oxygen atoms in total. The van der Waals surface area contributed by atoms with Gasteiger partial charge >= 0.3 is 0 Å². The molecule has 0 aromatic heterocycles. The molecule has 2 N–H and O–H groups in total. The predicted octanol–water partition coefficient (Wildman–Crippen LogP) is 8.48.